The first-order valence-corrected chi connectivity index (χ1v) is 3.98. The maximum Gasteiger partial charge on any atom is 0.120 e. The molecule has 0 saturated heterocycles. The molecule has 5 N–H and O–H groups in total. The van der Waals surface area contributed by atoms with Gasteiger partial charge in [-0.3, -0.25) is 0 Å². The highest BCUT2D eigenvalue weighted by Gasteiger charge is 2.10. The first-order chi connectivity index (χ1) is 6.15. The maximum absolute atomic E-state index is 9.44. The van der Waals surface area contributed by atoms with Crippen LogP contribution in [-0.2, 0) is 4.74 Å². The van der Waals surface area contributed by atoms with E-state index in [-0.39, 0.29) is 11.8 Å². The number of benzene rings is 1. The van der Waals surface area contributed by atoms with Crippen LogP contribution in [0.4, 0.5) is 5.69 Å². The molecule has 72 valence electrons. The van der Waals surface area contributed by atoms with Gasteiger partial charge in [0.1, 0.15) is 5.75 Å². The van der Waals surface area contributed by atoms with E-state index in [0.717, 1.165) is 0 Å². The van der Waals surface area contributed by atoms with E-state index in [4.69, 9.17) is 16.2 Å². The Balaban J connectivity index is 2.91. The number of nitrogens with two attached hydrogens (primary N) is 2. The number of aromatic hydroxyl groups is 1. The molecule has 4 nitrogen and oxygen atoms in total. The van der Waals surface area contributed by atoms with Gasteiger partial charge in [0.05, 0.1) is 12.6 Å². The van der Waals surface area contributed by atoms with Crippen molar-refractivity contribution in [1.29, 1.82) is 0 Å². The second-order valence-electron chi connectivity index (χ2n) is 2.88. The van der Waals surface area contributed by atoms with Crippen LogP contribution in [-0.4, -0.2) is 18.8 Å². The second-order valence-corrected chi connectivity index (χ2v) is 2.88. The predicted octanol–water partition coefficient (Wildman–Crippen LogP) is 0.621. The Hall–Kier alpha value is -1.26. The molecule has 0 heterocycles. The zero-order valence-electron chi connectivity index (χ0n) is 7.53. The lowest BCUT2D eigenvalue weighted by molar-refractivity contribution is 0.180. The van der Waals surface area contributed by atoms with E-state index in [9.17, 15) is 5.11 Å². The lowest BCUT2D eigenvalue weighted by Crippen LogP contribution is -2.16. The van der Waals surface area contributed by atoms with Crippen LogP contribution in [0.1, 0.15) is 11.6 Å². The van der Waals surface area contributed by atoms with Gasteiger partial charge in [-0.2, -0.15) is 0 Å². The van der Waals surface area contributed by atoms with E-state index in [0.29, 0.717) is 17.9 Å². The zero-order valence-corrected chi connectivity index (χ0v) is 7.53. The molecule has 0 fully saturated rings. The van der Waals surface area contributed by atoms with E-state index in [1.807, 2.05) is 0 Å². The first-order valence-electron chi connectivity index (χ1n) is 3.98. The third-order valence-electron chi connectivity index (χ3n) is 1.80. The molecule has 0 radical (unpaired) electrons. The van der Waals surface area contributed by atoms with Crippen LogP contribution in [0.25, 0.3) is 0 Å². The van der Waals surface area contributed by atoms with Crippen molar-refractivity contribution < 1.29 is 9.84 Å². The number of nitrogen functional groups attached to an aromatic ring is 1. The van der Waals surface area contributed by atoms with E-state index in [1.165, 1.54) is 6.07 Å². The number of phenols is 1. The van der Waals surface area contributed by atoms with Gasteiger partial charge >= 0.3 is 0 Å². The predicted molar refractivity (Wildman–Crippen MR) is 51.3 cm³/mol. The van der Waals surface area contributed by atoms with Gasteiger partial charge in [0.25, 0.3) is 0 Å². The Morgan fingerprint density at radius 2 is 2.23 bits per heavy atom. The Labute approximate surface area is 77.1 Å². The van der Waals surface area contributed by atoms with Crippen LogP contribution in [0.5, 0.6) is 5.75 Å². The molecule has 4 heteroatoms. The molecule has 0 bridgehead atoms. The van der Waals surface area contributed by atoms with Crippen LogP contribution in [0.3, 0.4) is 0 Å². The molecule has 0 aliphatic rings. The molecule has 0 unspecified atom stereocenters. The topological polar surface area (TPSA) is 81.5 Å². The maximum atomic E-state index is 9.44. The molecular formula is C9H14N2O2. The minimum absolute atomic E-state index is 0.152. The van der Waals surface area contributed by atoms with Crippen LogP contribution in [0, 0.1) is 0 Å². The highest BCUT2D eigenvalue weighted by atomic mass is 16.5. The van der Waals surface area contributed by atoms with Gasteiger partial charge in [0, 0.05) is 18.4 Å². The molecule has 0 saturated carbocycles. The fourth-order valence-electron chi connectivity index (χ4n) is 1.14. The van der Waals surface area contributed by atoms with Gasteiger partial charge < -0.3 is 21.3 Å². The van der Waals surface area contributed by atoms with Crippen molar-refractivity contribution in [2.75, 3.05) is 19.5 Å². The van der Waals surface area contributed by atoms with Crippen molar-refractivity contribution in [3.05, 3.63) is 23.8 Å². The first kappa shape index (κ1) is 9.83. The number of ether oxygens (including phenoxy) is 1. The van der Waals surface area contributed by atoms with Gasteiger partial charge in [-0.15, -0.1) is 0 Å². The quantitative estimate of drug-likeness (QED) is 0.473. The van der Waals surface area contributed by atoms with Crippen LogP contribution in [0.2, 0.25) is 0 Å². The average molecular weight is 182 g/mol. The van der Waals surface area contributed by atoms with Gasteiger partial charge in [0.2, 0.25) is 0 Å². The zero-order chi connectivity index (χ0) is 9.84. The second kappa shape index (κ2) is 4.11. The van der Waals surface area contributed by atoms with Crippen molar-refractivity contribution in [3.63, 3.8) is 0 Å². The van der Waals surface area contributed by atoms with E-state index in [1.54, 1.807) is 19.2 Å². The molecule has 0 aliphatic heterocycles. The lowest BCUT2D eigenvalue weighted by atomic mass is 10.1. The highest BCUT2D eigenvalue weighted by Crippen LogP contribution is 2.24. The summed E-state index contributed by atoms with van der Waals surface area (Å²) in [7, 11) is 1.56. The van der Waals surface area contributed by atoms with Crippen molar-refractivity contribution in [3.8, 4) is 5.75 Å². The fraction of sp³-hybridized carbons (Fsp3) is 0.333. The summed E-state index contributed by atoms with van der Waals surface area (Å²) in [6.45, 7) is 0.358. The Bertz CT molecular complexity index is 289. The number of hydrogen-bond donors (Lipinski definition) is 3. The van der Waals surface area contributed by atoms with Crippen molar-refractivity contribution in [2.45, 2.75) is 6.04 Å². The SMILES string of the molecule is COC[C@@H](N)c1cc(N)ccc1O. The number of rotatable bonds is 3. The Morgan fingerprint density at radius 3 is 2.85 bits per heavy atom. The van der Waals surface area contributed by atoms with E-state index >= 15 is 0 Å². The summed E-state index contributed by atoms with van der Waals surface area (Å²) in [5.74, 6) is 0.152. The molecule has 0 aromatic heterocycles. The lowest BCUT2D eigenvalue weighted by Gasteiger charge is -2.12. The van der Waals surface area contributed by atoms with Crippen LogP contribution >= 0.6 is 0 Å². The summed E-state index contributed by atoms with van der Waals surface area (Å²) in [4.78, 5) is 0. The monoisotopic (exact) mass is 182 g/mol. The third-order valence-corrected chi connectivity index (χ3v) is 1.80. The Morgan fingerprint density at radius 1 is 1.54 bits per heavy atom. The largest absolute Gasteiger partial charge is 0.508 e. The summed E-state index contributed by atoms with van der Waals surface area (Å²) < 4.78 is 4.88. The smallest absolute Gasteiger partial charge is 0.120 e. The number of methoxy groups -OCH3 is 1. The highest BCUT2D eigenvalue weighted by molar-refractivity contribution is 5.48. The summed E-state index contributed by atoms with van der Waals surface area (Å²) in [5, 5.41) is 9.44. The minimum atomic E-state index is -0.339. The molecule has 13 heavy (non-hydrogen) atoms. The standard InChI is InChI=1S/C9H14N2O2/c1-13-5-8(11)7-4-6(10)2-3-9(7)12/h2-4,8,12H,5,10-11H2,1H3/t8-/m1/s1. The van der Waals surface area contributed by atoms with E-state index in [2.05, 4.69) is 0 Å². The molecule has 0 spiro atoms. The minimum Gasteiger partial charge on any atom is -0.508 e. The van der Waals surface area contributed by atoms with Gasteiger partial charge in [-0.1, -0.05) is 0 Å². The van der Waals surface area contributed by atoms with E-state index < -0.39 is 0 Å². The summed E-state index contributed by atoms with van der Waals surface area (Å²) in [6.07, 6.45) is 0. The van der Waals surface area contributed by atoms with Gasteiger partial charge in [0.15, 0.2) is 0 Å². The molecule has 1 aromatic rings. The molecule has 1 rings (SSSR count). The fourth-order valence-corrected chi connectivity index (χ4v) is 1.14. The van der Waals surface area contributed by atoms with Gasteiger partial charge in [-0.25, -0.2) is 0 Å². The molecule has 0 aliphatic carbocycles. The van der Waals surface area contributed by atoms with Crippen LogP contribution in [0.15, 0.2) is 18.2 Å². The Kier molecular flexibility index (Phi) is 3.11. The molecule has 0 amide bonds. The normalized spacial score (nSPS) is 12.8. The van der Waals surface area contributed by atoms with Gasteiger partial charge in [-0.05, 0) is 18.2 Å². The number of anilines is 1. The third kappa shape index (κ3) is 2.34. The van der Waals surface area contributed by atoms with Crippen LogP contribution < -0.4 is 11.5 Å². The number of phenolic OH excluding ortho intramolecular Hbond substituents is 1. The molecule has 1 atom stereocenters. The molecular weight excluding hydrogens is 168 g/mol. The van der Waals surface area contributed by atoms with Crippen molar-refractivity contribution in [1.82, 2.24) is 0 Å². The summed E-state index contributed by atoms with van der Waals surface area (Å²) >= 11 is 0. The summed E-state index contributed by atoms with van der Waals surface area (Å²) in [5.41, 5.74) is 12.5. The average Bonchev–Trinajstić information content (AvgIpc) is 2.09. The number of hydrogen-bond acceptors (Lipinski definition) is 4. The van der Waals surface area contributed by atoms with Crippen molar-refractivity contribution in [2.24, 2.45) is 5.73 Å². The molecule has 1 aromatic carbocycles. The van der Waals surface area contributed by atoms with Crippen molar-refractivity contribution >= 4 is 5.69 Å². The summed E-state index contributed by atoms with van der Waals surface area (Å²) in [6, 6.07) is 4.46.